The molecule has 10 heteroatoms. The van der Waals surface area contributed by atoms with Crippen molar-refractivity contribution in [2.24, 2.45) is 5.16 Å². The Balaban J connectivity index is 1.77. The van der Waals surface area contributed by atoms with E-state index in [1.54, 1.807) is 24.3 Å². The monoisotopic (exact) mass is 467 g/mol. The third-order valence-electron chi connectivity index (χ3n) is 5.67. The third-order valence-corrected chi connectivity index (χ3v) is 5.67. The fourth-order valence-electron chi connectivity index (χ4n) is 4.16. The lowest BCUT2D eigenvalue weighted by Gasteiger charge is -2.28. The first kappa shape index (κ1) is 23.5. The predicted octanol–water partition coefficient (Wildman–Crippen LogP) is 2.38. The van der Waals surface area contributed by atoms with Gasteiger partial charge < -0.3 is 25.5 Å². The van der Waals surface area contributed by atoms with Gasteiger partial charge in [0.05, 0.1) is 36.5 Å². The maximum atomic E-state index is 14.3. The van der Waals surface area contributed by atoms with Gasteiger partial charge >= 0.3 is 0 Å². The highest BCUT2D eigenvalue weighted by Gasteiger charge is 2.31. The van der Waals surface area contributed by atoms with Gasteiger partial charge in [0.2, 0.25) is 11.8 Å². The lowest BCUT2D eigenvalue weighted by atomic mass is 9.79. The number of aromatic nitrogens is 3. The molecule has 3 aromatic rings. The topological polar surface area (TPSA) is 136 Å². The first-order chi connectivity index (χ1) is 16.4. The van der Waals surface area contributed by atoms with Crippen molar-refractivity contribution in [2.75, 3.05) is 26.1 Å². The van der Waals surface area contributed by atoms with Crippen molar-refractivity contribution in [2.45, 2.75) is 31.8 Å². The molecule has 0 radical (unpaired) electrons. The lowest BCUT2D eigenvalue weighted by molar-refractivity contribution is 0.00812. The Bertz CT molecular complexity index is 1220. The Kier molecular flexibility index (Phi) is 6.99. The van der Waals surface area contributed by atoms with Crippen LogP contribution in [-0.2, 0) is 11.3 Å². The van der Waals surface area contributed by atoms with E-state index in [1.165, 1.54) is 19.2 Å². The van der Waals surface area contributed by atoms with Gasteiger partial charge in [-0.25, -0.2) is 19.3 Å². The van der Waals surface area contributed by atoms with Gasteiger partial charge in [-0.3, -0.25) is 0 Å². The molecule has 4 rings (SSSR count). The zero-order valence-corrected chi connectivity index (χ0v) is 18.9. The molecule has 1 aliphatic rings. The summed E-state index contributed by atoms with van der Waals surface area (Å²) in [5, 5.41) is 22.9. The number of ether oxygens (including phenoxy) is 1. The van der Waals surface area contributed by atoms with Crippen molar-refractivity contribution in [1.82, 2.24) is 15.0 Å². The Morgan fingerprint density at radius 1 is 1.21 bits per heavy atom. The highest BCUT2D eigenvalue weighted by atomic mass is 19.1. The third kappa shape index (κ3) is 4.97. The van der Waals surface area contributed by atoms with E-state index in [-0.39, 0.29) is 24.3 Å². The summed E-state index contributed by atoms with van der Waals surface area (Å²) in [6, 6.07) is 9.94. The maximum absolute atomic E-state index is 14.3. The molecular weight excluding hydrogens is 441 g/mol. The molecule has 0 spiro atoms. The highest BCUT2D eigenvalue weighted by Crippen LogP contribution is 2.38. The summed E-state index contributed by atoms with van der Waals surface area (Å²) in [4.78, 5) is 18.5. The SMILES string of the molecule is COc1cccc(-c2cc(F)ccc2[C@H]2CC(=NOC[C@H](O)CO)c3c(C)nc(N)nc3C2)n1. The molecule has 1 aromatic carbocycles. The largest absolute Gasteiger partial charge is 0.481 e. The van der Waals surface area contributed by atoms with Crippen molar-refractivity contribution in [3.05, 3.63) is 64.7 Å². The number of aliphatic hydroxyl groups is 2. The smallest absolute Gasteiger partial charge is 0.220 e. The number of anilines is 1. The molecule has 1 aliphatic carbocycles. The van der Waals surface area contributed by atoms with Crippen LogP contribution in [0.25, 0.3) is 11.3 Å². The number of hydrogen-bond donors (Lipinski definition) is 3. The van der Waals surface area contributed by atoms with Crippen LogP contribution in [-0.4, -0.2) is 57.3 Å². The Hall–Kier alpha value is -3.63. The molecule has 4 N–H and O–H groups in total. The number of hydrogen-bond acceptors (Lipinski definition) is 9. The lowest BCUT2D eigenvalue weighted by Crippen LogP contribution is -2.25. The van der Waals surface area contributed by atoms with Gasteiger partial charge in [0, 0.05) is 23.6 Å². The van der Waals surface area contributed by atoms with Crippen molar-refractivity contribution >= 4 is 11.7 Å². The van der Waals surface area contributed by atoms with Crippen LogP contribution in [0.4, 0.5) is 10.3 Å². The molecule has 0 aliphatic heterocycles. The van der Waals surface area contributed by atoms with Crippen LogP contribution >= 0.6 is 0 Å². The summed E-state index contributed by atoms with van der Waals surface area (Å²) in [5.74, 6) is 0.0738. The van der Waals surface area contributed by atoms with Crippen molar-refractivity contribution in [3.8, 4) is 17.1 Å². The summed E-state index contributed by atoms with van der Waals surface area (Å²) >= 11 is 0. The predicted molar refractivity (Wildman–Crippen MR) is 124 cm³/mol. The van der Waals surface area contributed by atoms with Crippen LogP contribution < -0.4 is 10.5 Å². The number of aliphatic hydroxyl groups excluding tert-OH is 2. The van der Waals surface area contributed by atoms with Gasteiger partial charge in [-0.05, 0) is 43.0 Å². The molecular formula is C24H26FN5O4. The van der Waals surface area contributed by atoms with Crippen LogP contribution in [0.3, 0.4) is 0 Å². The van der Waals surface area contributed by atoms with E-state index in [4.69, 9.17) is 20.4 Å². The first-order valence-electron chi connectivity index (χ1n) is 10.8. The van der Waals surface area contributed by atoms with Crippen LogP contribution in [0.1, 0.15) is 34.9 Å². The maximum Gasteiger partial charge on any atom is 0.220 e. The summed E-state index contributed by atoms with van der Waals surface area (Å²) in [6.07, 6.45) is -0.0577. The van der Waals surface area contributed by atoms with Crippen LogP contribution in [0.5, 0.6) is 5.88 Å². The number of fused-ring (bicyclic) bond motifs is 1. The molecule has 178 valence electrons. The van der Waals surface area contributed by atoms with Crippen molar-refractivity contribution in [1.29, 1.82) is 0 Å². The number of aryl methyl sites for hydroxylation is 1. The summed E-state index contributed by atoms with van der Waals surface area (Å²) in [6.45, 7) is 1.22. The average molecular weight is 468 g/mol. The van der Waals surface area contributed by atoms with E-state index in [0.717, 1.165) is 11.1 Å². The van der Waals surface area contributed by atoms with E-state index in [9.17, 15) is 9.50 Å². The van der Waals surface area contributed by atoms with Gasteiger partial charge in [0.15, 0.2) is 0 Å². The van der Waals surface area contributed by atoms with Crippen LogP contribution in [0.15, 0.2) is 41.6 Å². The van der Waals surface area contributed by atoms with Crippen molar-refractivity contribution < 1.29 is 24.2 Å². The average Bonchev–Trinajstić information content (AvgIpc) is 2.83. The Morgan fingerprint density at radius 2 is 2.03 bits per heavy atom. The first-order valence-corrected chi connectivity index (χ1v) is 10.8. The highest BCUT2D eigenvalue weighted by molar-refractivity contribution is 6.03. The second-order valence-corrected chi connectivity index (χ2v) is 8.06. The van der Waals surface area contributed by atoms with E-state index >= 15 is 0 Å². The summed E-state index contributed by atoms with van der Waals surface area (Å²) in [7, 11) is 1.53. The van der Waals surface area contributed by atoms with Crippen LogP contribution in [0.2, 0.25) is 0 Å². The minimum absolute atomic E-state index is 0.130. The molecule has 0 saturated heterocycles. The summed E-state index contributed by atoms with van der Waals surface area (Å²) in [5.41, 5.74) is 10.7. The van der Waals surface area contributed by atoms with E-state index < -0.39 is 12.7 Å². The number of pyridine rings is 1. The number of nitrogens with zero attached hydrogens (tertiary/aromatic N) is 4. The van der Waals surface area contributed by atoms with Gasteiger partial charge in [0.1, 0.15) is 18.5 Å². The molecule has 0 fully saturated rings. The molecule has 2 heterocycles. The number of oxime groups is 1. The van der Waals surface area contributed by atoms with E-state index in [2.05, 4.69) is 20.1 Å². The molecule has 0 amide bonds. The molecule has 34 heavy (non-hydrogen) atoms. The number of benzene rings is 1. The normalized spacial score (nSPS) is 17.3. The second kappa shape index (κ2) is 10.1. The zero-order chi connectivity index (χ0) is 24.2. The van der Waals surface area contributed by atoms with Crippen LogP contribution in [0, 0.1) is 12.7 Å². The molecule has 0 bridgehead atoms. The standard InChI is InChI=1S/C24H26FN5O4/c1-13-23-20(29-24(26)27-13)8-14(9-21(23)30-34-12-16(32)11-31)17-7-6-15(25)10-18(17)19-4-3-5-22(28-19)33-2/h3-7,10,14,16,31-32H,8-9,11-12H2,1-2H3,(H2,26,27,29)/t14-,16-/m1/s1. The fraction of sp³-hybridized carbons (Fsp3) is 0.333. The molecule has 0 unspecified atom stereocenters. The number of methoxy groups -OCH3 is 1. The van der Waals surface area contributed by atoms with E-state index in [1.807, 2.05) is 6.92 Å². The zero-order valence-electron chi connectivity index (χ0n) is 18.9. The second-order valence-electron chi connectivity index (χ2n) is 8.06. The van der Waals surface area contributed by atoms with Crippen molar-refractivity contribution in [3.63, 3.8) is 0 Å². The Morgan fingerprint density at radius 3 is 2.79 bits per heavy atom. The van der Waals surface area contributed by atoms with Gasteiger partial charge in [-0.2, -0.15) is 0 Å². The fourth-order valence-corrected chi connectivity index (χ4v) is 4.16. The number of halogens is 1. The Labute approximate surface area is 196 Å². The molecule has 9 nitrogen and oxygen atoms in total. The molecule has 2 aromatic heterocycles. The van der Waals surface area contributed by atoms with E-state index in [0.29, 0.717) is 47.1 Å². The summed E-state index contributed by atoms with van der Waals surface area (Å²) < 4.78 is 19.5. The molecule has 2 atom stereocenters. The quantitative estimate of drug-likeness (QED) is 0.451. The number of nitrogen functional groups attached to an aromatic ring is 1. The number of nitrogens with two attached hydrogens (primary N) is 1. The number of rotatable bonds is 7. The van der Waals surface area contributed by atoms with Gasteiger partial charge in [-0.1, -0.05) is 17.3 Å². The van der Waals surface area contributed by atoms with Gasteiger partial charge in [-0.15, -0.1) is 0 Å². The minimum atomic E-state index is -1.05. The van der Waals surface area contributed by atoms with Gasteiger partial charge in [0.25, 0.3) is 0 Å². The minimum Gasteiger partial charge on any atom is -0.481 e. The molecule has 0 saturated carbocycles.